The average Bonchev–Trinajstić information content (AvgIpc) is 2.61. The number of hydrogen-bond acceptors (Lipinski definition) is 4. The van der Waals surface area contributed by atoms with Crippen LogP contribution in [-0.4, -0.2) is 40.1 Å². The maximum atomic E-state index is 12.4. The first-order valence-electron chi connectivity index (χ1n) is 8.09. The van der Waals surface area contributed by atoms with Gasteiger partial charge in [0, 0.05) is 17.3 Å². The van der Waals surface area contributed by atoms with Crippen LogP contribution in [0.2, 0.25) is 5.02 Å². The fourth-order valence-electron chi connectivity index (χ4n) is 2.71. The quantitative estimate of drug-likeness (QED) is 0.844. The molecule has 1 aliphatic heterocycles. The van der Waals surface area contributed by atoms with Crippen molar-refractivity contribution in [2.75, 3.05) is 24.6 Å². The maximum Gasteiger partial charge on any atom is 0.253 e. The van der Waals surface area contributed by atoms with Gasteiger partial charge in [0.15, 0.2) is 0 Å². The van der Waals surface area contributed by atoms with Crippen LogP contribution in [0.5, 0.6) is 0 Å². The Morgan fingerprint density at radius 2 is 2.00 bits per heavy atom. The van der Waals surface area contributed by atoms with E-state index in [1.54, 1.807) is 47.4 Å². The summed E-state index contributed by atoms with van der Waals surface area (Å²) in [5.74, 6) is -0.190. The first-order valence-corrected chi connectivity index (χ1v) is 9.95. The summed E-state index contributed by atoms with van der Waals surface area (Å²) in [6, 6.07) is 13.6. The van der Waals surface area contributed by atoms with Gasteiger partial charge in [-0.25, -0.2) is 13.1 Å². The van der Waals surface area contributed by atoms with Gasteiger partial charge in [0.05, 0.1) is 17.5 Å². The van der Waals surface area contributed by atoms with Crippen LogP contribution in [0.15, 0.2) is 53.4 Å². The van der Waals surface area contributed by atoms with Gasteiger partial charge in [-0.15, -0.1) is 0 Å². The zero-order valence-corrected chi connectivity index (χ0v) is 15.8. The Kier molecular flexibility index (Phi) is 5.62. The fraction of sp³-hybridized carbons (Fsp3) is 0.278. The minimum Gasteiger partial charge on any atom is -0.365 e. The molecule has 1 saturated heterocycles. The van der Waals surface area contributed by atoms with Gasteiger partial charge in [0.1, 0.15) is 6.61 Å². The number of halogens is 1. The van der Waals surface area contributed by atoms with Crippen LogP contribution in [0.3, 0.4) is 0 Å². The number of ether oxygens (including phenoxy) is 1. The largest absolute Gasteiger partial charge is 0.365 e. The lowest BCUT2D eigenvalue weighted by atomic mass is 10.2. The highest BCUT2D eigenvalue weighted by molar-refractivity contribution is 7.89. The number of nitrogens with zero attached hydrogens (tertiary/aromatic N) is 1. The van der Waals surface area contributed by atoms with Crippen LogP contribution in [0.25, 0.3) is 0 Å². The summed E-state index contributed by atoms with van der Waals surface area (Å²) < 4.78 is 32.9. The van der Waals surface area contributed by atoms with Gasteiger partial charge in [0.25, 0.3) is 5.91 Å². The van der Waals surface area contributed by atoms with E-state index in [1.807, 2.05) is 13.0 Å². The third kappa shape index (κ3) is 4.42. The molecule has 0 radical (unpaired) electrons. The van der Waals surface area contributed by atoms with Gasteiger partial charge in [-0.3, -0.25) is 4.79 Å². The monoisotopic (exact) mass is 394 g/mol. The van der Waals surface area contributed by atoms with Crippen molar-refractivity contribution >= 4 is 33.2 Å². The van der Waals surface area contributed by atoms with Crippen molar-refractivity contribution in [1.29, 1.82) is 0 Å². The molecule has 1 atom stereocenters. The summed E-state index contributed by atoms with van der Waals surface area (Å²) in [7, 11) is -3.64. The molecule has 1 amide bonds. The predicted octanol–water partition coefficient (Wildman–Crippen LogP) is 2.36. The number of carbonyl (C=O) groups excluding carboxylic acids is 1. The molecule has 138 valence electrons. The van der Waals surface area contributed by atoms with E-state index >= 15 is 0 Å². The smallest absolute Gasteiger partial charge is 0.253 e. The highest BCUT2D eigenvalue weighted by Gasteiger charge is 2.28. The molecule has 3 rings (SSSR count). The van der Waals surface area contributed by atoms with Crippen LogP contribution < -0.4 is 9.62 Å². The number of nitrogens with one attached hydrogen (secondary N) is 1. The Morgan fingerprint density at radius 1 is 1.23 bits per heavy atom. The first kappa shape index (κ1) is 18.8. The maximum absolute atomic E-state index is 12.4. The molecule has 0 spiro atoms. The second-order valence-corrected chi connectivity index (χ2v) is 8.29. The number of carbonyl (C=O) groups is 1. The standard InChI is InChI=1S/C18H19ClN2O4S/c1-13-4-2-7-17(8-13)26(23,24)20-10-16-11-21(18(22)12-25-16)15-6-3-5-14(19)9-15/h2-9,16,20H,10-12H2,1H3. The van der Waals surface area contributed by atoms with Gasteiger partial charge in [0.2, 0.25) is 10.0 Å². The summed E-state index contributed by atoms with van der Waals surface area (Å²) in [4.78, 5) is 13.9. The number of sulfonamides is 1. The molecular formula is C18H19ClN2O4S. The molecule has 1 aliphatic rings. The van der Waals surface area contributed by atoms with E-state index in [-0.39, 0.29) is 30.5 Å². The van der Waals surface area contributed by atoms with Crippen molar-refractivity contribution in [3.8, 4) is 0 Å². The molecule has 8 heteroatoms. The highest BCUT2D eigenvalue weighted by atomic mass is 35.5. The number of amides is 1. The topological polar surface area (TPSA) is 75.7 Å². The van der Waals surface area contributed by atoms with Crippen molar-refractivity contribution < 1.29 is 17.9 Å². The third-order valence-corrected chi connectivity index (χ3v) is 5.71. The first-order chi connectivity index (χ1) is 12.3. The van der Waals surface area contributed by atoms with Gasteiger partial charge in [-0.1, -0.05) is 29.8 Å². The van der Waals surface area contributed by atoms with Crippen molar-refractivity contribution in [1.82, 2.24) is 4.72 Å². The second kappa shape index (κ2) is 7.75. The lowest BCUT2D eigenvalue weighted by molar-refractivity contribution is -0.129. The summed E-state index contributed by atoms with van der Waals surface area (Å²) in [5, 5.41) is 0.526. The van der Waals surface area contributed by atoms with Crippen LogP contribution in [0, 0.1) is 6.92 Å². The van der Waals surface area contributed by atoms with Crippen molar-refractivity contribution in [3.63, 3.8) is 0 Å². The van der Waals surface area contributed by atoms with Crippen molar-refractivity contribution in [3.05, 3.63) is 59.1 Å². The van der Waals surface area contributed by atoms with Crippen LogP contribution in [-0.2, 0) is 19.6 Å². The van der Waals surface area contributed by atoms with E-state index < -0.39 is 16.1 Å². The van der Waals surface area contributed by atoms with Crippen LogP contribution in [0.1, 0.15) is 5.56 Å². The molecule has 0 aliphatic carbocycles. The number of hydrogen-bond donors (Lipinski definition) is 1. The summed E-state index contributed by atoms with van der Waals surface area (Å²) in [6.45, 7) is 2.04. The average molecular weight is 395 g/mol. The molecule has 6 nitrogen and oxygen atoms in total. The van der Waals surface area contributed by atoms with Gasteiger partial charge in [-0.05, 0) is 42.8 Å². The van der Waals surface area contributed by atoms with E-state index in [9.17, 15) is 13.2 Å². The van der Waals surface area contributed by atoms with E-state index in [0.29, 0.717) is 10.7 Å². The van der Waals surface area contributed by atoms with Gasteiger partial charge >= 0.3 is 0 Å². The van der Waals surface area contributed by atoms with Crippen LogP contribution in [0.4, 0.5) is 5.69 Å². The lowest BCUT2D eigenvalue weighted by Gasteiger charge is -2.33. The summed E-state index contributed by atoms with van der Waals surface area (Å²) in [5.41, 5.74) is 1.52. The summed E-state index contributed by atoms with van der Waals surface area (Å²) >= 11 is 5.99. The molecule has 0 aromatic heterocycles. The number of anilines is 1. The minimum absolute atomic E-state index is 0.0701. The lowest BCUT2D eigenvalue weighted by Crippen LogP contribution is -2.50. The normalized spacial score (nSPS) is 18.2. The van der Waals surface area contributed by atoms with Crippen molar-refractivity contribution in [2.45, 2.75) is 17.9 Å². The Hall–Kier alpha value is -1.93. The Labute approximate surface area is 157 Å². The number of benzene rings is 2. The molecule has 1 N–H and O–H groups in total. The van der Waals surface area contributed by atoms with E-state index in [2.05, 4.69) is 4.72 Å². The number of aryl methyl sites for hydroxylation is 1. The second-order valence-electron chi connectivity index (χ2n) is 6.09. The molecule has 2 aromatic carbocycles. The summed E-state index contributed by atoms with van der Waals surface area (Å²) in [6.07, 6.45) is -0.453. The predicted molar refractivity (Wildman–Crippen MR) is 99.9 cm³/mol. The SMILES string of the molecule is Cc1cccc(S(=O)(=O)NCC2CN(c3cccc(Cl)c3)C(=O)CO2)c1. The molecule has 1 fully saturated rings. The fourth-order valence-corrected chi connectivity index (χ4v) is 4.07. The molecule has 0 bridgehead atoms. The third-order valence-electron chi connectivity index (χ3n) is 4.05. The van der Waals surface area contributed by atoms with E-state index in [4.69, 9.17) is 16.3 Å². The van der Waals surface area contributed by atoms with E-state index in [1.165, 1.54) is 0 Å². The number of morpholine rings is 1. The molecule has 2 aromatic rings. The molecular weight excluding hydrogens is 376 g/mol. The van der Waals surface area contributed by atoms with Crippen LogP contribution >= 0.6 is 11.6 Å². The Balaban J connectivity index is 1.68. The Bertz CT molecular complexity index is 917. The molecule has 1 unspecified atom stereocenters. The van der Waals surface area contributed by atoms with E-state index in [0.717, 1.165) is 5.56 Å². The van der Waals surface area contributed by atoms with Gasteiger partial charge in [-0.2, -0.15) is 0 Å². The Morgan fingerprint density at radius 3 is 2.73 bits per heavy atom. The highest BCUT2D eigenvalue weighted by Crippen LogP contribution is 2.22. The van der Waals surface area contributed by atoms with Crippen molar-refractivity contribution in [2.24, 2.45) is 0 Å². The molecule has 1 heterocycles. The number of rotatable bonds is 5. The minimum atomic E-state index is -3.64. The zero-order chi connectivity index (χ0) is 18.7. The van der Waals surface area contributed by atoms with Gasteiger partial charge < -0.3 is 9.64 Å². The molecule has 0 saturated carbocycles. The molecule has 26 heavy (non-hydrogen) atoms. The zero-order valence-electron chi connectivity index (χ0n) is 14.2.